The van der Waals surface area contributed by atoms with Gasteiger partial charge in [-0.1, -0.05) is 23.2 Å². The van der Waals surface area contributed by atoms with Gasteiger partial charge >= 0.3 is 0 Å². The fraction of sp³-hybridized carbons (Fsp3) is 0.462. The van der Waals surface area contributed by atoms with Crippen LogP contribution in [0.3, 0.4) is 0 Å². The number of benzene rings is 1. The lowest BCUT2D eigenvalue weighted by Crippen LogP contribution is -2.52. The molecule has 0 bridgehead atoms. The fourth-order valence-corrected chi connectivity index (χ4v) is 2.50. The van der Waals surface area contributed by atoms with E-state index in [0.29, 0.717) is 15.6 Å². The fourth-order valence-electron chi connectivity index (χ4n) is 2.21. The van der Waals surface area contributed by atoms with Crippen molar-refractivity contribution in [3.05, 3.63) is 33.8 Å². The number of Topliss-reactive ketones (excluding diaryl/α,β-unsaturated/α-hetero) is 1. The van der Waals surface area contributed by atoms with E-state index < -0.39 is 5.54 Å². The molecule has 4 heteroatoms. The second kappa shape index (κ2) is 4.97. The molecule has 92 valence electrons. The van der Waals surface area contributed by atoms with Crippen LogP contribution in [0, 0.1) is 0 Å². The first kappa shape index (κ1) is 12.9. The Kier molecular flexibility index (Phi) is 3.76. The van der Waals surface area contributed by atoms with E-state index in [-0.39, 0.29) is 5.78 Å². The molecule has 1 fully saturated rings. The Morgan fingerprint density at radius 2 is 2.06 bits per heavy atom. The molecule has 1 atom stereocenters. The van der Waals surface area contributed by atoms with Crippen molar-refractivity contribution in [2.24, 2.45) is 0 Å². The number of nitrogens with one attached hydrogen (secondary N) is 1. The topological polar surface area (TPSA) is 29.1 Å². The highest BCUT2D eigenvalue weighted by atomic mass is 35.5. The molecule has 1 aliphatic rings. The Labute approximate surface area is 111 Å². The third-order valence-electron chi connectivity index (χ3n) is 3.30. The molecule has 0 spiro atoms. The van der Waals surface area contributed by atoms with Crippen LogP contribution in [0.4, 0.5) is 0 Å². The van der Waals surface area contributed by atoms with E-state index in [4.69, 9.17) is 23.2 Å². The number of hydrogen-bond donors (Lipinski definition) is 1. The van der Waals surface area contributed by atoms with Gasteiger partial charge in [0.1, 0.15) is 0 Å². The maximum atomic E-state index is 12.4. The van der Waals surface area contributed by atoms with Gasteiger partial charge in [0.05, 0.1) is 15.6 Å². The normalized spacial score (nSPS) is 24.6. The molecule has 1 aromatic rings. The van der Waals surface area contributed by atoms with E-state index in [9.17, 15) is 4.79 Å². The molecule has 2 rings (SSSR count). The summed E-state index contributed by atoms with van der Waals surface area (Å²) in [4.78, 5) is 12.4. The van der Waals surface area contributed by atoms with Crippen molar-refractivity contribution in [3.63, 3.8) is 0 Å². The zero-order chi connectivity index (χ0) is 12.5. The van der Waals surface area contributed by atoms with E-state index in [1.54, 1.807) is 18.2 Å². The predicted molar refractivity (Wildman–Crippen MR) is 71.1 cm³/mol. The number of rotatable bonds is 2. The van der Waals surface area contributed by atoms with Gasteiger partial charge in [0.15, 0.2) is 5.78 Å². The standard InChI is InChI=1S/C13H15Cl2NO/c1-13(6-2-3-7-16-13)12(17)9-4-5-10(14)11(15)8-9/h4-5,8,16H,2-3,6-7H2,1H3. The SMILES string of the molecule is CC1(C(=O)c2ccc(Cl)c(Cl)c2)CCCCN1. The minimum atomic E-state index is -0.463. The van der Waals surface area contributed by atoms with E-state index in [1.807, 2.05) is 6.92 Å². The summed E-state index contributed by atoms with van der Waals surface area (Å²) in [6.07, 6.45) is 3.08. The number of piperidine rings is 1. The lowest BCUT2D eigenvalue weighted by Gasteiger charge is -2.33. The lowest BCUT2D eigenvalue weighted by molar-refractivity contribution is 0.0835. The van der Waals surface area contributed by atoms with Gasteiger partial charge in [-0.3, -0.25) is 4.79 Å². The summed E-state index contributed by atoms with van der Waals surface area (Å²) in [5.74, 6) is 0.0933. The van der Waals surface area contributed by atoms with Gasteiger partial charge in [-0.2, -0.15) is 0 Å². The van der Waals surface area contributed by atoms with Crippen LogP contribution in [0.1, 0.15) is 36.5 Å². The van der Waals surface area contributed by atoms with Crippen LogP contribution < -0.4 is 5.32 Å². The number of carbonyl (C=O) groups excluding carboxylic acids is 1. The van der Waals surface area contributed by atoms with Crippen LogP contribution in [-0.2, 0) is 0 Å². The van der Waals surface area contributed by atoms with Crippen LogP contribution >= 0.6 is 23.2 Å². The summed E-state index contributed by atoms with van der Waals surface area (Å²) in [6, 6.07) is 5.05. The molecule has 2 nitrogen and oxygen atoms in total. The second-order valence-electron chi connectivity index (χ2n) is 4.67. The maximum Gasteiger partial charge on any atom is 0.182 e. The molecular formula is C13H15Cl2NO. The smallest absolute Gasteiger partial charge is 0.182 e. The van der Waals surface area contributed by atoms with Crippen LogP contribution in [-0.4, -0.2) is 17.9 Å². The first-order valence-corrected chi connectivity index (χ1v) is 6.53. The highest BCUT2D eigenvalue weighted by Crippen LogP contribution is 2.27. The molecule has 1 aliphatic heterocycles. The van der Waals surface area contributed by atoms with Crippen molar-refractivity contribution < 1.29 is 4.79 Å². The quantitative estimate of drug-likeness (QED) is 0.831. The predicted octanol–water partition coefficient (Wildman–Crippen LogP) is 3.71. The van der Waals surface area contributed by atoms with Crippen molar-refractivity contribution in [1.29, 1.82) is 0 Å². The average Bonchev–Trinajstić information content (AvgIpc) is 2.33. The van der Waals surface area contributed by atoms with Gasteiger partial charge in [0.25, 0.3) is 0 Å². The van der Waals surface area contributed by atoms with Crippen LogP contribution in [0.2, 0.25) is 10.0 Å². The van der Waals surface area contributed by atoms with Gasteiger partial charge in [0, 0.05) is 5.56 Å². The van der Waals surface area contributed by atoms with Crippen molar-refractivity contribution >= 4 is 29.0 Å². The third-order valence-corrected chi connectivity index (χ3v) is 4.04. The summed E-state index contributed by atoms with van der Waals surface area (Å²) in [5, 5.41) is 4.21. The number of hydrogen-bond acceptors (Lipinski definition) is 2. The Balaban J connectivity index is 2.26. The summed E-state index contributed by atoms with van der Waals surface area (Å²) in [6.45, 7) is 2.85. The Morgan fingerprint density at radius 1 is 1.29 bits per heavy atom. The summed E-state index contributed by atoms with van der Waals surface area (Å²) in [5.41, 5.74) is 0.159. The molecule has 0 aromatic heterocycles. The van der Waals surface area contributed by atoms with Crippen molar-refractivity contribution in [3.8, 4) is 0 Å². The van der Waals surface area contributed by atoms with Gasteiger partial charge < -0.3 is 5.32 Å². The van der Waals surface area contributed by atoms with Crippen molar-refractivity contribution in [2.75, 3.05) is 6.54 Å². The number of ketones is 1. The molecule has 1 heterocycles. The largest absolute Gasteiger partial charge is 0.305 e. The molecule has 1 N–H and O–H groups in total. The molecule has 0 amide bonds. The molecule has 0 radical (unpaired) electrons. The number of carbonyl (C=O) groups is 1. The third kappa shape index (κ3) is 2.65. The van der Waals surface area contributed by atoms with Crippen molar-refractivity contribution in [2.45, 2.75) is 31.7 Å². The zero-order valence-corrected chi connectivity index (χ0v) is 11.2. The Hall–Kier alpha value is -0.570. The zero-order valence-electron chi connectivity index (χ0n) is 9.72. The monoisotopic (exact) mass is 271 g/mol. The summed E-state index contributed by atoms with van der Waals surface area (Å²) < 4.78 is 0. The number of halogens is 2. The molecule has 1 aromatic carbocycles. The highest BCUT2D eigenvalue weighted by Gasteiger charge is 2.34. The maximum absolute atomic E-state index is 12.4. The van der Waals surface area contributed by atoms with Gasteiger partial charge in [-0.15, -0.1) is 0 Å². The highest BCUT2D eigenvalue weighted by molar-refractivity contribution is 6.42. The van der Waals surface area contributed by atoms with Gasteiger partial charge in [0.2, 0.25) is 0 Å². The average molecular weight is 272 g/mol. The van der Waals surface area contributed by atoms with Crippen LogP contribution in [0.5, 0.6) is 0 Å². The molecule has 0 aliphatic carbocycles. The van der Waals surface area contributed by atoms with E-state index in [2.05, 4.69) is 5.32 Å². The second-order valence-corrected chi connectivity index (χ2v) is 5.49. The Bertz CT molecular complexity index is 439. The van der Waals surface area contributed by atoms with Crippen LogP contribution in [0.15, 0.2) is 18.2 Å². The molecule has 1 saturated heterocycles. The lowest BCUT2D eigenvalue weighted by atomic mass is 9.84. The van der Waals surface area contributed by atoms with Gasteiger partial charge in [-0.25, -0.2) is 0 Å². The van der Waals surface area contributed by atoms with Crippen LogP contribution in [0.25, 0.3) is 0 Å². The minimum Gasteiger partial charge on any atom is -0.305 e. The minimum absolute atomic E-state index is 0.0933. The van der Waals surface area contributed by atoms with E-state index >= 15 is 0 Å². The molecular weight excluding hydrogens is 257 g/mol. The molecule has 1 unspecified atom stereocenters. The van der Waals surface area contributed by atoms with Crippen molar-refractivity contribution in [1.82, 2.24) is 5.32 Å². The first-order valence-electron chi connectivity index (χ1n) is 5.78. The summed E-state index contributed by atoms with van der Waals surface area (Å²) >= 11 is 11.8. The van der Waals surface area contributed by atoms with E-state index in [1.165, 1.54) is 0 Å². The molecule has 0 saturated carbocycles. The van der Waals surface area contributed by atoms with Gasteiger partial charge in [-0.05, 0) is 50.9 Å². The molecule has 17 heavy (non-hydrogen) atoms. The summed E-state index contributed by atoms with van der Waals surface area (Å²) in [7, 11) is 0. The van der Waals surface area contributed by atoms with E-state index in [0.717, 1.165) is 25.8 Å². The Morgan fingerprint density at radius 3 is 2.65 bits per heavy atom. The first-order chi connectivity index (χ1) is 8.03.